The van der Waals surface area contributed by atoms with E-state index in [9.17, 15) is 0 Å². The van der Waals surface area contributed by atoms with Crippen LogP contribution in [0.25, 0.3) is 10.4 Å². The SMILES string of the molecule is COc1cc(OC)cc(C(CO)N=[N+]=[N-])c1. The Balaban J connectivity index is 3.14. The molecule has 16 heavy (non-hydrogen) atoms. The number of benzene rings is 1. The van der Waals surface area contributed by atoms with E-state index in [2.05, 4.69) is 10.0 Å². The number of aliphatic hydroxyl groups is 1. The van der Waals surface area contributed by atoms with Crippen molar-refractivity contribution in [1.29, 1.82) is 0 Å². The van der Waals surface area contributed by atoms with Crippen LogP contribution in [0.2, 0.25) is 0 Å². The zero-order valence-corrected chi connectivity index (χ0v) is 9.12. The maximum atomic E-state index is 9.09. The number of ether oxygens (including phenoxy) is 2. The van der Waals surface area contributed by atoms with Gasteiger partial charge in [0, 0.05) is 11.0 Å². The van der Waals surface area contributed by atoms with Gasteiger partial charge in [0.2, 0.25) is 0 Å². The fraction of sp³-hybridized carbons (Fsp3) is 0.400. The molecule has 1 rings (SSSR count). The summed E-state index contributed by atoms with van der Waals surface area (Å²) in [5.41, 5.74) is 9.02. The van der Waals surface area contributed by atoms with Crippen LogP contribution in [0.5, 0.6) is 11.5 Å². The summed E-state index contributed by atoms with van der Waals surface area (Å²) in [7, 11) is 3.06. The number of nitrogens with zero attached hydrogens (tertiary/aromatic N) is 3. The monoisotopic (exact) mass is 223 g/mol. The van der Waals surface area contributed by atoms with E-state index in [1.165, 1.54) is 14.2 Å². The lowest BCUT2D eigenvalue weighted by Gasteiger charge is -2.11. The Kier molecular flexibility index (Phi) is 4.44. The van der Waals surface area contributed by atoms with Gasteiger partial charge in [-0.25, -0.2) is 0 Å². The van der Waals surface area contributed by atoms with Gasteiger partial charge in [0.05, 0.1) is 26.9 Å². The maximum Gasteiger partial charge on any atom is 0.122 e. The summed E-state index contributed by atoms with van der Waals surface area (Å²) in [6.07, 6.45) is 0. The lowest BCUT2D eigenvalue weighted by Crippen LogP contribution is -2.01. The molecule has 0 bridgehead atoms. The molecular formula is C10H13N3O3. The molecule has 0 spiro atoms. The third-order valence-electron chi connectivity index (χ3n) is 2.12. The molecule has 0 aliphatic rings. The summed E-state index contributed by atoms with van der Waals surface area (Å²) >= 11 is 0. The number of hydrogen-bond donors (Lipinski definition) is 1. The molecule has 0 amide bonds. The Labute approximate surface area is 93.0 Å². The van der Waals surface area contributed by atoms with Crippen molar-refractivity contribution in [3.8, 4) is 11.5 Å². The van der Waals surface area contributed by atoms with E-state index >= 15 is 0 Å². The summed E-state index contributed by atoms with van der Waals surface area (Å²) in [6, 6.07) is 4.46. The third-order valence-corrected chi connectivity index (χ3v) is 2.12. The molecule has 6 heteroatoms. The fourth-order valence-corrected chi connectivity index (χ4v) is 1.29. The van der Waals surface area contributed by atoms with E-state index in [1.807, 2.05) is 0 Å². The van der Waals surface area contributed by atoms with Gasteiger partial charge >= 0.3 is 0 Å². The fourth-order valence-electron chi connectivity index (χ4n) is 1.29. The standard InChI is InChI=1S/C10H13N3O3/c1-15-8-3-7(4-9(5-8)16-2)10(6-14)12-13-11/h3-5,10,14H,6H2,1-2H3. The van der Waals surface area contributed by atoms with Gasteiger partial charge in [-0.1, -0.05) is 5.11 Å². The Bertz CT molecular complexity index is 380. The van der Waals surface area contributed by atoms with Gasteiger partial charge in [0.15, 0.2) is 0 Å². The van der Waals surface area contributed by atoms with Crippen molar-refractivity contribution < 1.29 is 14.6 Å². The number of hydrogen-bond acceptors (Lipinski definition) is 4. The quantitative estimate of drug-likeness (QED) is 0.470. The molecule has 0 fully saturated rings. The zero-order valence-electron chi connectivity index (χ0n) is 9.12. The van der Waals surface area contributed by atoms with Gasteiger partial charge in [-0.3, -0.25) is 0 Å². The second-order valence-electron chi connectivity index (χ2n) is 3.05. The van der Waals surface area contributed by atoms with Crippen LogP contribution in [-0.2, 0) is 0 Å². The number of rotatable bonds is 5. The summed E-state index contributed by atoms with van der Waals surface area (Å²) < 4.78 is 10.1. The molecule has 0 saturated heterocycles. The van der Waals surface area contributed by atoms with Crippen LogP contribution >= 0.6 is 0 Å². The molecule has 0 aromatic heterocycles. The molecule has 1 N–H and O–H groups in total. The lowest BCUT2D eigenvalue weighted by molar-refractivity contribution is 0.267. The van der Waals surface area contributed by atoms with Gasteiger partial charge < -0.3 is 14.6 Å². The Morgan fingerprint density at radius 2 is 1.88 bits per heavy atom. The summed E-state index contributed by atoms with van der Waals surface area (Å²) in [5.74, 6) is 1.17. The Hall–Kier alpha value is -1.91. The average molecular weight is 223 g/mol. The smallest absolute Gasteiger partial charge is 0.122 e. The minimum atomic E-state index is -0.631. The number of methoxy groups -OCH3 is 2. The van der Waals surface area contributed by atoms with Gasteiger partial charge in [-0.05, 0) is 23.2 Å². The van der Waals surface area contributed by atoms with Crippen LogP contribution in [0.3, 0.4) is 0 Å². The molecule has 1 aromatic rings. The van der Waals surface area contributed by atoms with Gasteiger partial charge in [0.1, 0.15) is 11.5 Å². The third kappa shape index (κ3) is 2.79. The molecule has 6 nitrogen and oxygen atoms in total. The molecule has 1 unspecified atom stereocenters. The van der Waals surface area contributed by atoms with E-state index in [4.69, 9.17) is 20.1 Å². The molecule has 1 atom stereocenters. The van der Waals surface area contributed by atoms with Gasteiger partial charge in [0.25, 0.3) is 0 Å². The van der Waals surface area contributed by atoms with Crippen LogP contribution in [0.4, 0.5) is 0 Å². The highest BCUT2D eigenvalue weighted by molar-refractivity contribution is 5.39. The summed E-state index contributed by atoms with van der Waals surface area (Å²) in [5, 5.41) is 12.6. The Morgan fingerprint density at radius 3 is 2.25 bits per heavy atom. The van der Waals surface area contributed by atoms with Crippen LogP contribution < -0.4 is 9.47 Å². The van der Waals surface area contributed by atoms with Crippen LogP contribution in [0.1, 0.15) is 11.6 Å². The molecule has 0 saturated carbocycles. The molecule has 0 radical (unpaired) electrons. The average Bonchev–Trinajstić information content (AvgIpc) is 2.35. The van der Waals surface area contributed by atoms with Crippen molar-refractivity contribution >= 4 is 0 Å². The van der Waals surface area contributed by atoms with E-state index in [0.717, 1.165) is 0 Å². The maximum absolute atomic E-state index is 9.09. The minimum Gasteiger partial charge on any atom is -0.497 e. The van der Waals surface area contributed by atoms with E-state index in [1.54, 1.807) is 18.2 Å². The van der Waals surface area contributed by atoms with Crippen LogP contribution in [0.15, 0.2) is 23.3 Å². The number of aliphatic hydroxyl groups excluding tert-OH is 1. The normalized spacial score (nSPS) is 11.4. The molecular weight excluding hydrogens is 210 g/mol. The predicted octanol–water partition coefficient (Wildman–Crippen LogP) is 2.05. The highest BCUT2D eigenvalue weighted by Gasteiger charge is 2.11. The van der Waals surface area contributed by atoms with Crippen molar-refractivity contribution in [1.82, 2.24) is 0 Å². The first-order chi connectivity index (χ1) is 7.74. The lowest BCUT2D eigenvalue weighted by atomic mass is 10.1. The second-order valence-corrected chi connectivity index (χ2v) is 3.05. The van der Waals surface area contributed by atoms with Gasteiger partial charge in [-0.15, -0.1) is 0 Å². The van der Waals surface area contributed by atoms with Crippen molar-refractivity contribution in [3.63, 3.8) is 0 Å². The Morgan fingerprint density at radius 1 is 1.31 bits per heavy atom. The first-order valence-corrected chi connectivity index (χ1v) is 4.63. The molecule has 0 aliphatic heterocycles. The van der Waals surface area contributed by atoms with Crippen molar-refractivity contribution in [3.05, 3.63) is 34.2 Å². The predicted molar refractivity (Wildman–Crippen MR) is 58.5 cm³/mol. The van der Waals surface area contributed by atoms with Crippen LogP contribution in [-0.4, -0.2) is 25.9 Å². The molecule has 86 valence electrons. The highest BCUT2D eigenvalue weighted by Crippen LogP contribution is 2.28. The van der Waals surface area contributed by atoms with Crippen LogP contribution in [0, 0.1) is 0 Å². The van der Waals surface area contributed by atoms with Gasteiger partial charge in [-0.2, -0.15) is 0 Å². The van der Waals surface area contributed by atoms with E-state index in [-0.39, 0.29) is 6.61 Å². The number of azide groups is 1. The summed E-state index contributed by atoms with van der Waals surface area (Å²) in [4.78, 5) is 2.68. The second kappa shape index (κ2) is 5.85. The first-order valence-electron chi connectivity index (χ1n) is 4.63. The topological polar surface area (TPSA) is 87.5 Å². The molecule has 0 heterocycles. The highest BCUT2D eigenvalue weighted by atomic mass is 16.5. The summed E-state index contributed by atoms with van der Waals surface area (Å²) in [6.45, 7) is -0.264. The van der Waals surface area contributed by atoms with Crippen molar-refractivity contribution in [2.24, 2.45) is 5.11 Å². The minimum absolute atomic E-state index is 0.264. The van der Waals surface area contributed by atoms with Crippen molar-refractivity contribution in [2.45, 2.75) is 6.04 Å². The first kappa shape index (κ1) is 12.2. The van der Waals surface area contributed by atoms with Crippen molar-refractivity contribution in [2.75, 3.05) is 20.8 Å². The van der Waals surface area contributed by atoms with E-state index in [0.29, 0.717) is 17.1 Å². The zero-order chi connectivity index (χ0) is 12.0. The van der Waals surface area contributed by atoms with E-state index < -0.39 is 6.04 Å². The molecule has 0 aliphatic carbocycles. The largest absolute Gasteiger partial charge is 0.497 e. The molecule has 1 aromatic carbocycles.